The van der Waals surface area contributed by atoms with Gasteiger partial charge >= 0.3 is 7.60 Å². The molecular formula is C12H25O4P. The number of hydrogen-bond acceptors (Lipinski definition) is 4. The Bertz CT molecular complexity index is 249. The second-order valence-corrected chi connectivity index (χ2v) is 6.92. The fourth-order valence-corrected chi connectivity index (χ4v) is 4.12. The van der Waals surface area contributed by atoms with Crippen molar-refractivity contribution in [2.75, 3.05) is 0 Å². The third-order valence-corrected chi connectivity index (χ3v) is 4.95. The molecule has 5 heteroatoms. The molecule has 0 fully saturated rings. The van der Waals surface area contributed by atoms with Gasteiger partial charge in [0.1, 0.15) is 6.29 Å². The molecule has 0 aliphatic carbocycles. The zero-order chi connectivity index (χ0) is 13.5. The van der Waals surface area contributed by atoms with Gasteiger partial charge in [-0.05, 0) is 34.1 Å². The molecule has 0 bridgehead atoms. The second-order valence-electron chi connectivity index (χ2n) is 4.69. The average Bonchev–Trinajstić information content (AvgIpc) is 2.14. The Morgan fingerprint density at radius 3 is 1.88 bits per heavy atom. The summed E-state index contributed by atoms with van der Waals surface area (Å²) in [6.07, 6.45) is 2.20. The highest BCUT2D eigenvalue weighted by Crippen LogP contribution is 2.57. The SMILES string of the molecule is CCC[C@@H](CC=O)P(=O)(OC(C)C)OC(C)C. The van der Waals surface area contributed by atoms with E-state index in [-0.39, 0.29) is 24.3 Å². The van der Waals surface area contributed by atoms with E-state index >= 15 is 0 Å². The fraction of sp³-hybridized carbons (Fsp3) is 0.917. The molecule has 102 valence electrons. The zero-order valence-corrected chi connectivity index (χ0v) is 12.4. The van der Waals surface area contributed by atoms with E-state index in [1.54, 1.807) is 0 Å². The van der Waals surface area contributed by atoms with Crippen molar-refractivity contribution in [3.63, 3.8) is 0 Å². The number of carbonyl (C=O) groups excluding carboxylic acids is 1. The summed E-state index contributed by atoms with van der Waals surface area (Å²) in [5.74, 6) is 0. The van der Waals surface area contributed by atoms with E-state index < -0.39 is 7.60 Å². The Kier molecular flexibility index (Phi) is 7.93. The molecule has 0 aliphatic heterocycles. The van der Waals surface area contributed by atoms with Gasteiger partial charge < -0.3 is 13.8 Å². The van der Waals surface area contributed by atoms with E-state index in [9.17, 15) is 9.36 Å². The first-order valence-electron chi connectivity index (χ1n) is 6.25. The Morgan fingerprint density at radius 1 is 1.12 bits per heavy atom. The highest BCUT2D eigenvalue weighted by Gasteiger charge is 2.36. The first-order chi connectivity index (χ1) is 7.85. The van der Waals surface area contributed by atoms with Crippen LogP contribution in [0.2, 0.25) is 0 Å². The van der Waals surface area contributed by atoms with Crippen LogP contribution in [0.3, 0.4) is 0 Å². The summed E-state index contributed by atoms with van der Waals surface area (Å²) in [4.78, 5) is 10.7. The lowest BCUT2D eigenvalue weighted by Gasteiger charge is -2.28. The molecule has 0 aromatic carbocycles. The Balaban J connectivity index is 4.94. The maximum atomic E-state index is 12.7. The van der Waals surface area contributed by atoms with Crippen LogP contribution in [0.1, 0.15) is 53.9 Å². The highest BCUT2D eigenvalue weighted by molar-refractivity contribution is 7.54. The van der Waals surface area contributed by atoms with Crippen molar-refractivity contribution in [2.45, 2.75) is 71.7 Å². The molecule has 0 aliphatic rings. The van der Waals surface area contributed by atoms with Gasteiger partial charge in [-0.2, -0.15) is 0 Å². The van der Waals surface area contributed by atoms with Crippen molar-refractivity contribution >= 4 is 13.9 Å². The molecule has 0 heterocycles. The summed E-state index contributed by atoms with van der Waals surface area (Å²) in [7, 11) is -3.21. The van der Waals surface area contributed by atoms with Crippen molar-refractivity contribution < 1.29 is 18.4 Å². The van der Waals surface area contributed by atoms with Crippen LogP contribution in [0.4, 0.5) is 0 Å². The van der Waals surface area contributed by atoms with Crippen molar-refractivity contribution in [3.05, 3.63) is 0 Å². The number of aldehydes is 1. The van der Waals surface area contributed by atoms with Gasteiger partial charge in [0.15, 0.2) is 0 Å². The molecule has 17 heavy (non-hydrogen) atoms. The zero-order valence-electron chi connectivity index (χ0n) is 11.5. The van der Waals surface area contributed by atoms with Crippen molar-refractivity contribution in [3.8, 4) is 0 Å². The maximum absolute atomic E-state index is 12.7. The summed E-state index contributed by atoms with van der Waals surface area (Å²) >= 11 is 0. The second kappa shape index (κ2) is 8.02. The van der Waals surface area contributed by atoms with Gasteiger partial charge in [0.05, 0.1) is 17.9 Å². The molecule has 0 unspecified atom stereocenters. The first-order valence-corrected chi connectivity index (χ1v) is 7.87. The maximum Gasteiger partial charge on any atom is 0.334 e. The van der Waals surface area contributed by atoms with Gasteiger partial charge in [-0.1, -0.05) is 13.3 Å². The molecule has 4 nitrogen and oxygen atoms in total. The molecule has 0 saturated carbocycles. The van der Waals surface area contributed by atoms with E-state index in [0.29, 0.717) is 6.42 Å². The van der Waals surface area contributed by atoms with Gasteiger partial charge in [-0.3, -0.25) is 4.57 Å². The van der Waals surface area contributed by atoms with Gasteiger partial charge in [0, 0.05) is 6.42 Å². The van der Waals surface area contributed by atoms with Crippen molar-refractivity contribution in [2.24, 2.45) is 0 Å². The third kappa shape index (κ3) is 6.35. The number of rotatable bonds is 9. The lowest BCUT2D eigenvalue weighted by atomic mass is 10.2. The van der Waals surface area contributed by atoms with Gasteiger partial charge in [-0.25, -0.2) is 0 Å². The molecule has 0 radical (unpaired) electrons. The van der Waals surface area contributed by atoms with Crippen LogP contribution in [0.25, 0.3) is 0 Å². The predicted molar refractivity (Wildman–Crippen MR) is 69.4 cm³/mol. The highest BCUT2D eigenvalue weighted by atomic mass is 31.2. The molecular weight excluding hydrogens is 239 g/mol. The van der Waals surface area contributed by atoms with Crippen LogP contribution in [-0.2, 0) is 18.4 Å². The molecule has 0 N–H and O–H groups in total. The molecule has 0 aromatic rings. The van der Waals surface area contributed by atoms with Crippen LogP contribution >= 0.6 is 7.60 Å². The predicted octanol–water partition coefficient (Wildman–Crippen LogP) is 3.79. The van der Waals surface area contributed by atoms with Crippen molar-refractivity contribution in [1.29, 1.82) is 0 Å². The number of hydrogen-bond donors (Lipinski definition) is 0. The van der Waals surface area contributed by atoms with E-state index in [1.807, 2.05) is 34.6 Å². The minimum atomic E-state index is -3.21. The summed E-state index contributed by atoms with van der Waals surface area (Å²) in [6, 6.07) is 0. The van der Waals surface area contributed by atoms with Gasteiger partial charge in [-0.15, -0.1) is 0 Å². The lowest BCUT2D eigenvalue weighted by molar-refractivity contribution is -0.108. The molecule has 0 saturated heterocycles. The average molecular weight is 264 g/mol. The summed E-state index contributed by atoms with van der Waals surface area (Å²) in [5.41, 5.74) is -0.324. The Morgan fingerprint density at radius 2 is 1.59 bits per heavy atom. The van der Waals surface area contributed by atoms with Gasteiger partial charge in [0.25, 0.3) is 0 Å². The van der Waals surface area contributed by atoms with Crippen LogP contribution in [0.5, 0.6) is 0 Å². The van der Waals surface area contributed by atoms with Crippen LogP contribution in [0, 0.1) is 0 Å². The van der Waals surface area contributed by atoms with Gasteiger partial charge in [0.2, 0.25) is 0 Å². The molecule has 0 amide bonds. The third-order valence-electron chi connectivity index (χ3n) is 2.15. The van der Waals surface area contributed by atoms with E-state index in [4.69, 9.17) is 9.05 Å². The summed E-state index contributed by atoms with van der Waals surface area (Å²) in [5, 5.41) is 0. The van der Waals surface area contributed by atoms with Crippen LogP contribution in [0.15, 0.2) is 0 Å². The molecule has 1 atom stereocenters. The lowest BCUT2D eigenvalue weighted by Crippen LogP contribution is -2.19. The summed E-state index contributed by atoms with van der Waals surface area (Å²) < 4.78 is 23.7. The first kappa shape index (κ1) is 16.8. The topological polar surface area (TPSA) is 52.6 Å². The van der Waals surface area contributed by atoms with E-state index in [2.05, 4.69) is 0 Å². The fourth-order valence-electron chi connectivity index (χ4n) is 1.63. The quantitative estimate of drug-likeness (QED) is 0.469. The van der Waals surface area contributed by atoms with Crippen LogP contribution < -0.4 is 0 Å². The minimum Gasteiger partial charge on any atom is -0.306 e. The monoisotopic (exact) mass is 264 g/mol. The van der Waals surface area contributed by atoms with E-state index in [0.717, 1.165) is 12.7 Å². The van der Waals surface area contributed by atoms with E-state index in [1.165, 1.54) is 0 Å². The Labute approximate surface area is 105 Å². The Hall–Kier alpha value is -0.180. The molecule has 0 spiro atoms. The standard InChI is InChI=1S/C12H25O4P/c1-6-7-12(8-9-13)17(14,15-10(2)3)16-11(4)5/h9-12H,6-8H2,1-5H3/t12-/m0/s1. The largest absolute Gasteiger partial charge is 0.334 e. The van der Waals surface area contributed by atoms with Crippen molar-refractivity contribution in [1.82, 2.24) is 0 Å². The minimum absolute atomic E-state index is 0.175. The summed E-state index contributed by atoms with van der Waals surface area (Å²) in [6.45, 7) is 9.27. The molecule has 0 aromatic heterocycles. The smallest absolute Gasteiger partial charge is 0.306 e. The number of carbonyl (C=O) groups is 1. The normalized spacial score (nSPS) is 14.3. The molecule has 0 rings (SSSR count). The van der Waals surface area contributed by atoms with Crippen LogP contribution in [-0.4, -0.2) is 24.2 Å².